The molecule has 0 radical (unpaired) electrons. The van der Waals surface area contributed by atoms with E-state index in [1.165, 1.54) is 246 Å². The Hall–Kier alpha value is -14.7. The van der Waals surface area contributed by atoms with Crippen molar-refractivity contribution < 1.29 is 0 Å². The second-order valence-electron chi connectivity index (χ2n) is 31.5. The molecule has 0 aliphatic carbocycles. The second kappa shape index (κ2) is 25.9. The molecule has 7 heteroatoms. The van der Waals surface area contributed by atoms with Crippen molar-refractivity contribution in [3.63, 3.8) is 0 Å². The van der Waals surface area contributed by atoms with Crippen molar-refractivity contribution in [3.8, 4) is 33.9 Å². The van der Waals surface area contributed by atoms with Crippen LogP contribution in [0.4, 0.5) is 0 Å². The summed E-state index contributed by atoms with van der Waals surface area (Å²) >= 11 is 5.75. The summed E-state index contributed by atoms with van der Waals surface area (Å²) in [5.74, 6) is 0. The molecule has 552 valence electrons. The summed E-state index contributed by atoms with van der Waals surface area (Å²) in [6.45, 7) is 0. The number of aromatic nitrogens is 4. The Morgan fingerprint density at radius 3 is 1.03 bits per heavy atom. The summed E-state index contributed by atoms with van der Waals surface area (Å²) in [5.41, 5.74) is 17.4. The summed E-state index contributed by atoms with van der Waals surface area (Å²) in [5, 5.41) is 34.4. The minimum atomic E-state index is 1.18. The molecule has 0 saturated heterocycles. The average Bonchev–Trinajstić information content (AvgIpc) is 1.55. The highest BCUT2D eigenvalue weighted by Gasteiger charge is 2.28. The largest absolute Gasteiger partial charge is 0.309 e. The van der Waals surface area contributed by atoms with Gasteiger partial charge in [-0.1, -0.05) is 303 Å². The first-order valence-electron chi connectivity index (χ1n) is 40.8. The van der Waals surface area contributed by atoms with E-state index in [1.807, 2.05) is 34.0 Å². The Balaban J connectivity index is 0.0000000972. The van der Waals surface area contributed by atoms with Gasteiger partial charge in [-0.25, -0.2) is 0 Å². The van der Waals surface area contributed by atoms with Gasteiger partial charge in [-0.05, 0) is 167 Å². The zero-order chi connectivity index (χ0) is 77.7. The number of hydrogen-bond donors (Lipinski definition) is 0. The highest BCUT2D eigenvalue weighted by Crippen LogP contribution is 2.54. The van der Waals surface area contributed by atoms with E-state index in [2.05, 4.69) is 419 Å². The van der Waals surface area contributed by atoms with Gasteiger partial charge in [0.25, 0.3) is 0 Å². The molecule has 0 fully saturated rings. The molecular formula is C112H66N4S3. The summed E-state index contributed by atoms with van der Waals surface area (Å²) in [6.07, 6.45) is 0. The third-order valence-electron chi connectivity index (χ3n) is 25.3. The summed E-state index contributed by atoms with van der Waals surface area (Å²) < 4.78 is 18.0. The van der Waals surface area contributed by atoms with Crippen LogP contribution in [-0.2, 0) is 0 Å². The van der Waals surface area contributed by atoms with Gasteiger partial charge in [0.05, 0.1) is 63.9 Å². The van der Waals surface area contributed by atoms with Crippen LogP contribution in [0.15, 0.2) is 400 Å². The molecule has 0 spiro atoms. The monoisotopic (exact) mass is 1560 g/mol. The van der Waals surface area contributed by atoms with Crippen LogP contribution in [0.25, 0.3) is 246 Å². The van der Waals surface area contributed by atoms with Gasteiger partial charge in [0.1, 0.15) is 0 Å². The van der Waals surface area contributed by atoms with Gasteiger partial charge in [0.2, 0.25) is 0 Å². The summed E-state index contributed by atoms with van der Waals surface area (Å²) in [4.78, 5) is 0. The molecule has 7 heterocycles. The third-order valence-corrected chi connectivity index (χ3v) is 28.9. The number of fused-ring (bicyclic) bond motifs is 33. The fraction of sp³-hybridized carbons (Fsp3) is 0. The first-order chi connectivity index (χ1) is 59.1. The lowest BCUT2D eigenvalue weighted by atomic mass is 9.93. The molecule has 0 N–H and O–H groups in total. The molecule has 0 unspecified atom stereocenters. The molecule has 0 aliphatic heterocycles. The molecule has 119 heavy (non-hydrogen) atoms. The lowest BCUT2D eigenvalue weighted by Gasteiger charge is -2.16. The van der Waals surface area contributed by atoms with Crippen LogP contribution in [0.5, 0.6) is 0 Å². The minimum absolute atomic E-state index is 1.18. The van der Waals surface area contributed by atoms with E-state index in [4.69, 9.17) is 0 Å². The number of thiophene rings is 3. The smallest absolute Gasteiger partial charge is 0.0726 e. The van der Waals surface area contributed by atoms with Crippen LogP contribution in [-0.4, -0.2) is 18.3 Å². The van der Waals surface area contributed by atoms with Gasteiger partial charge in [0.15, 0.2) is 0 Å². The summed E-state index contributed by atoms with van der Waals surface area (Å²) in [7, 11) is 0. The quantitative estimate of drug-likeness (QED) is 0.153. The number of para-hydroxylation sites is 5. The van der Waals surface area contributed by atoms with Gasteiger partial charge in [-0.15, -0.1) is 34.0 Å². The molecule has 0 saturated carbocycles. The predicted octanol–water partition coefficient (Wildman–Crippen LogP) is 32.6. The Morgan fingerprint density at radius 1 is 0.160 bits per heavy atom. The van der Waals surface area contributed by atoms with E-state index >= 15 is 0 Å². The van der Waals surface area contributed by atoms with Gasteiger partial charge >= 0.3 is 0 Å². The van der Waals surface area contributed by atoms with Crippen LogP contribution < -0.4 is 0 Å². The first kappa shape index (κ1) is 66.6. The fourth-order valence-corrected chi connectivity index (χ4v) is 24.2. The highest BCUT2D eigenvalue weighted by atomic mass is 32.1. The SMILES string of the molecule is c1cc2ccc3ccc(-n4c5ccccc5c5c6ccccc6c6c7ccccc7sc6c54)c4ccc(c1)c2c34.c1ccc(-c2ccc3c(c2)c2c4ccccc4c4c5ccccc5sc4c2n3-c2ccccc2)cc1.c1ccc(-n2c3ccccc3c3cc(-n4c5ccccc5c5c6ccccc6c6c7ccccc7sc6c54)ccc32)cc1. The van der Waals surface area contributed by atoms with Crippen molar-refractivity contribution in [3.05, 3.63) is 400 Å². The van der Waals surface area contributed by atoms with Crippen LogP contribution in [0.1, 0.15) is 0 Å². The lowest BCUT2D eigenvalue weighted by molar-refractivity contribution is 1.17. The third kappa shape index (κ3) is 9.66. The Morgan fingerprint density at radius 2 is 0.513 bits per heavy atom. The molecular weight excluding hydrogens is 1500 g/mol. The molecule has 4 nitrogen and oxygen atoms in total. The van der Waals surface area contributed by atoms with Crippen molar-refractivity contribution in [2.45, 2.75) is 0 Å². The van der Waals surface area contributed by atoms with Gasteiger partial charge in [-0.2, -0.15) is 0 Å². The number of hydrogen-bond acceptors (Lipinski definition) is 3. The van der Waals surface area contributed by atoms with E-state index in [-0.39, 0.29) is 0 Å². The zero-order valence-corrected chi connectivity index (χ0v) is 66.6. The minimum Gasteiger partial charge on any atom is -0.309 e. The van der Waals surface area contributed by atoms with Crippen LogP contribution in [0.2, 0.25) is 0 Å². The van der Waals surface area contributed by atoms with Gasteiger partial charge < -0.3 is 18.3 Å². The van der Waals surface area contributed by atoms with E-state index in [9.17, 15) is 0 Å². The fourth-order valence-electron chi connectivity index (χ4n) is 20.5. The zero-order valence-electron chi connectivity index (χ0n) is 64.1. The van der Waals surface area contributed by atoms with Crippen molar-refractivity contribution in [2.24, 2.45) is 0 Å². The Labute approximate surface area is 693 Å². The summed E-state index contributed by atoms with van der Waals surface area (Å²) in [6, 6.07) is 147. The maximum atomic E-state index is 2.56. The maximum Gasteiger partial charge on any atom is 0.0726 e. The van der Waals surface area contributed by atoms with E-state index in [1.54, 1.807) is 0 Å². The topological polar surface area (TPSA) is 19.7 Å². The average molecular weight is 1560 g/mol. The van der Waals surface area contributed by atoms with E-state index in [0.717, 1.165) is 0 Å². The number of benzene rings is 21. The van der Waals surface area contributed by atoms with Crippen molar-refractivity contribution in [2.75, 3.05) is 0 Å². The molecule has 21 aromatic carbocycles. The molecule has 0 atom stereocenters. The standard InChI is InChI=1S/C40H24N2S.C38H21NS.C34H21NS/c1-2-12-25(13-3-1)41-33-19-9-6-14-27(33)32-24-26(22-23-35(32)41)42-34-20-10-7-17-30(34)37-28-15-4-5-16-29(28)38-31-18-8-11-21-36(31)43-40(38)39(37)42;1-2-11-26-25(10-1)35-27-12-3-5-14-30(27)39(37(35)38-36(26)29-13-4-6-15-32(29)40-38)31-21-19-24-17-16-22-8-7-9-23-18-20-28(31)34(24)33(22)23;1-3-11-22(12-4-1)23-19-20-29-28(21-23)31-25-15-7-8-16-26(25)32-27-17-9-10-18-30(27)36-34(32)33(31)35(29)24-13-5-2-6-14-24/h1-24H;1-21H;1-21H. The molecule has 28 aromatic rings. The Kier molecular flexibility index (Phi) is 14.5. The van der Waals surface area contributed by atoms with Crippen LogP contribution >= 0.6 is 34.0 Å². The van der Waals surface area contributed by atoms with Crippen molar-refractivity contribution >= 4 is 246 Å². The van der Waals surface area contributed by atoms with Crippen molar-refractivity contribution in [1.82, 2.24) is 18.3 Å². The van der Waals surface area contributed by atoms with Crippen LogP contribution in [0, 0.1) is 0 Å². The highest BCUT2D eigenvalue weighted by molar-refractivity contribution is 7.28. The Bertz CT molecular complexity index is 9110. The van der Waals surface area contributed by atoms with Crippen LogP contribution in [0.3, 0.4) is 0 Å². The normalized spacial score (nSPS) is 12.2. The number of nitrogens with zero attached hydrogens (tertiary/aromatic N) is 4. The molecule has 28 rings (SSSR count). The van der Waals surface area contributed by atoms with E-state index < -0.39 is 0 Å². The predicted molar refractivity (Wildman–Crippen MR) is 517 cm³/mol. The maximum absolute atomic E-state index is 2.56. The molecule has 0 bridgehead atoms. The lowest BCUT2D eigenvalue weighted by Crippen LogP contribution is -1.97. The molecule has 0 amide bonds. The first-order valence-corrected chi connectivity index (χ1v) is 43.2. The van der Waals surface area contributed by atoms with Gasteiger partial charge in [0, 0.05) is 112 Å². The van der Waals surface area contributed by atoms with E-state index in [0.29, 0.717) is 0 Å². The molecule has 0 aliphatic rings. The molecule has 7 aromatic heterocycles. The second-order valence-corrected chi connectivity index (χ2v) is 34.7. The van der Waals surface area contributed by atoms with Crippen molar-refractivity contribution in [1.29, 1.82) is 0 Å². The number of rotatable bonds is 5. The van der Waals surface area contributed by atoms with Gasteiger partial charge in [-0.3, -0.25) is 0 Å².